The van der Waals surface area contributed by atoms with Crippen LogP contribution in [0.1, 0.15) is 46.9 Å². The third-order valence-electron chi connectivity index (χ3n) is 5.61. The van der Waals surface area contributed by atoms with E-state index in [9.17, 15) is 14.7 Å². The zero-order valence-electron chi connectivity index (χ0n) is 18.3. The monoisotopic (exact) mass is 400 g/mol. The SMILES string of the molecule is Cn1c(CN2CCN([C@H](C(=O)O)C(C)(C)CC(C)(C)C)C2=O)nc2ccccc21. The molecule has 1 aliphatic rings. The van der Waals surface area contributed by atoms with Crippen molar-refractivity contribution < 1.29 is 14.7 Å². The van der Waals surface area contributed by atoms with Crippen LogP contribution in [0.3, 0.4) is 0 Å². The fraction of sp³-hybridized carbons (Fsp3) is 0.591. The Hall–Kier alpha value is -2.57. The molecule has 158 valence electrons. The molecular formula is C22H32N4O3. The molecule has 0 bridgehead atoms. The van der Waals surface area contributed by atoms with Crippen LogP contribution in [0.2, 0.25) is 0 Å². The number of nitrogens with zero attached hydrogens (tertiary/aromatic N) is 4. The van der Waals surface area contributed by atoms with Crippen molar-refractivity contribution in [3.05, 3.63) is 30.1 Å². The average Bonchev–Trinajstić information content (AvgIpc) is 3.08. The maximum absolute atomic E-state index is 13.1. The van der Waals surface area contributed by atoms with Gasteiger partial charge >= 0.3 is 12.0 Å². The first-order chi connectivity index (χ1) is 13.4. The van der Waals surface area contributed by atoms with Crippen LogP contribution in [0.15, 0.2) is 24.3 Å². The molecule has 2 amide bonds. The topological polar surface area (TPSA) is 78.7 Å². The minimum absolute atomic E-state index is 0.0350. The Bertz CT molecular complexity index is 926. The van der Waals surface area contributed by atoms with E-state index in [0.717, 1.165) is 16.9 Å². The Balaban J connectivity index is 1.81. The number of hydrogen-bond donors (Lipinski definition) is 1. The van der Waals surface area contributed by atoms with Gasteiger partial charge in [-0.05, 0) is 29.4 Å². The molecule has 2 heterocycles. The number of benzene rings is 1. The van der Waals surface area contributed by atoms with E-state index in [1.54, 1.807) is 4.90 Å². The van der Waals surface area contributed by atoms with E-state index in [2.05, 4.69) is 25.8 Å². The Kier molecular flexibility index (Phi) is 5.36. The molecule has 1 N–H and O–H groups in total. The third-order valence-corrected chi connectivity index (χ3v) is 5.61. The fourth-order valence-corrected chi connectivity index (χ4v) is 4.85. The summed E-state index contributed by atoms with van der Waals surface area (Å²) < 4.78 is 1.99. The standard InChI is InChI=1S/C22H32N4O3/c1-21(2,3)14-22(4,5)18(19(27)28)26-12-11-25(20(26)29)13-17-23-15-9-7-8-10-16(15)24(17)6/h7-10,18H,11-14H2,1-6H3,(H,27,28)/t18-/m1/s1. The number of carboxylic acid groups (broad SMARTS) is 1. The number of fused-ring (bicyclic) bond motifs is 1. The number of para-hydroxylation sites is 2. The number of aliphatic carboxylic acids is 1. The second-order valence-corrected chi connectivity index (χ2v) is 9.94. The average molecular weight is 401 g/mol. The Morgan fingerprint density at radius 2 is 1.83 bits per heavy atom. The summed E-state index contributed by atoms with van der Waals surface area (Å²) >= 11 is 0. The second kappa shape index (κ2) is 7.35. The summed E-state index contributed by atoms with van der Waals surface area (Å²) in [6.07, 6.45) is 0.700. The molecule has 2 aromatic rings. The quantitative estimate of drug-likeness (QED) is 0.801. The molecule has 29 heavy (non-hydrogen) atoms. The number of aromatic nitrogens is 2. The van der Waals surface area contributed by atoms with Crippen LogP contribution in [-0.2, 0) is 18.4 Å². The molecule has 7 heteroatoms. The number of amides is 2. The summed E-state index contributed by atoms with van der Waals surface area (Å²) in [7, 11) is 1.94. The summed E-state index contributed by atoms with van der Waals surface area (Å²) in [6, 6.07) is 6.76. The normalized spacial score (nSPS) is 16.7. The van der Waals surface area contributed by atoms with Crippen molar-refractivity contribution in [2.45, 2.75) is 53.6 Å². The van der Waals surface area contributed by atoms with Crippen LogP contribution in [0.5, 0.6) is 0 Å². The summed E-state index contributed by atoms with van der Waals surface area (Å²) in [5.74, 6) is -0.153. The molecular weight excluding hydrogens is 368 g/mol. The summed E-state index contributed by atoms with van der Waals surface area (Å²) in [5.41, 5.74) is 1.32. The fourth-order valence-electron chi connectivity index (χ4n) is 4.85. The molecule has 1 aromatic carbocycles. The Morgan fingerprint density at radius 3 is 2.41 bits per heavy atom. The maximum Gasteiger partial charge on any atom is 0.327 e. The van der Waals surface area contributed by atoms with E-state index < -0.39 is 17.4 Å². The predicted molar refractivity (Wildman–Crippen MR) is 113 cm³/mol. The lowest BCUT2D eigenvalue weighted by atomic mass is 9.71. The smallest absolute Gasteiger partial charge is 0.327 e. The van der Waals surface area contributed by atoms with Crippen LogP contribution in [-0.4, -0.2) is 55.6 Å². The van der Waals surface area contributed by atoms with Gasteiger partial charge < -0.3 is 19.5 Å². The van der Waals surface area contributed by atoms with Gasteiger partial charge in [0.1, 0.15) is 11.9 Å². The van der Waals surface area contributed by atoms with E-state index in [4.69, 9.17) is 0 Å². The largest absolute Gasteiger partial charge is 0.480 e. The van der Waals surface area contributed by atoms with Crippen LogP contribution < -0.4 is 0 Å². The van der Waals surface area contributed by atoms with E-state index in [1.807, 2.05) is 49.7 Å². The summed E-state index contributed by atoms with van der Waals surface area (Å²) in [4.78, 5) is 33.2. The van der Waals surface area contributed by atoms with Gasteiger partial charge in [0.2, 0.25) is 0 Å². The van der Waals surface area contributed by atoms with Crippen molar-refractivity contribution in [1.82, 2.24) is 19.4 Å². The van der Waals surface area contributed by atoms with Gasteiger partial charge in [0.25, 0.3) is 0 Å². The number of carbonyl (C=O) groups is 2. The first-order valence-electron chi connectivity index (χ1n) is 10.1. The molecule has 7 nitrogen and oxygen atoms in total. The highest BCUT2D eigenvalue weighted by molar-refractivity contribution is 5.85. The number of aryl methyl sites for hydroxylation is 1. The van der Waals surface area contributed by atoms with E-state index in [1.165, 1.54) is 4.90 Å². The number of carboxylic acids is 1. The number of carbonyl (C=O) groups excluding carboxylic acids is 1. The molecule has 1 aromatic heterocycles. The van der Waals surface area contributed by atoms with Crippen LogP contribution in [0, 0.1) is 10.8 Å². The van der Waals surface area contributed by atoms with Crippen molar-refractivity contribution in [2.75, 3.05) is 13.1 Å². The highest BCUT2D eigenvalue weighted by Gasteiger charge is 2.47. The van der Waals surface area contributed by atoms with Crippen molar-refractivity contribution in [1.29, 1.82) is 0 Å². The molecule has 0 radical (unpaired) electrons. The van der Waals surface area contributed by atoms with E-state index in [-0.39, 0.29) is 11.4 Å². The molecule has 0 unspecified atom stereocenters. The maximum atomic E-state index is 13.1. The summed E-state index contributed by atoms with van der Waals surface area (Å²) in [6.45, 7) is 11.4. The highest BCUT2D eigenvalue weighted by atomic mass is 16.4. The van der Waals surface area contributed by atoms with Crippen molar-refractivity contribution in [3.63, 3.8) is 0 Å². The predicted octanol–water partition coefficient (Wildman–Crippen LogP) is 3.73. The first-order valence-corrected chi connectivity index (χ1v) is 10.1. The lowest BCUT2D eigenvalue weighted by Gasteiger charge is -2.40. The van der Waals surface area contributed by atoms with Crippen molar-refractivity contribution in [2.24, 2.45) is 17.9 Å². The molecule has 0 aliphatic carbocycles. The molecule has 1 aliphatic heterocycles. The molecule has 0 saturated carbocycles. The Morgan fingerprint density at radius 1 is 1.17 bits per heavy atom. The van der Waals surface area contributed by atoms with E-state index in [0.29, 0.717) is 26.1 Å². The number of imidazole rings is 1. The van der Waals surface area contributed by atoms with Gasteiger partial charge in [0.05, 0.1) is 17.6 Å². The van der Waals surface area contributed by atoms with Gasteiger partial charge in [0.15, 0.2) is 0 Å². The minimum atomic E-state index is -0.947. The lowest BCUT2D eigenvalue weighted by Crippen LogP contribution is -2.53. The second-order valence-electron chi connectivity index (χ2n) is 9.94. The van der Waals surface area contributed by atoms with Crippen molar-refractivity contribution in [3.8, 4) is 0 Å². The van der Waals surface area contributed by atoms with E-state index >= 15 is 0 Å². The number of hydrogen-bond acceptors (Lipinski definition) is 3. The highest BCUT2D eigenvalue weighted by Crippen LogP contribution is 2.39. The molecule has 0 spiro atoms. The summed E-state index contributed by atoms with van der Waals surface area (Å²) in [5, 5.41) is 9.97. The van der Waals surface area contributed by atoms with Gasteiger partial charge in [0, 0.05) is 20.1 Å². The van der Waals surface area contributed by atoms with Crippen LogP contribution in [0.4, 0.5) is 4.79 Å². The number of rotatable bonds is 6. The van der Waals surface area contributed by atoms with Gasteiger partial charge in [-0.3, -0.25) is 0 Å². The van der Waals surface area contributed by atoms with Crippen LogP contribution >= 0.6 is 0 Å². The van der Waals surface area contributed by atoms with Gasteiger partial charge in [-0.15, -0.1) is 0 Å². The lowest BCUT2D eigenvalue weighted by molar-refractivity contribution is -0.147. The molecule has 1 saturated heterocycles. The van der Waals surface area contributed by atoms with Gasteiger partial charge in [-0.25, -0.2) is 14.6 Å². The molecule has 1 fully saturated rings. The first kappa shape index (κ1) is 21.1. The Labute approximate surface area is 172 Å². The van der Waals surface area contributed by atoms with Crippen LogP contribution in [0.25, 0.3) is 11.0 Å². The van der Waals surface area contributed by atoms with Crippen molar-refractivity contribution >= 4 is 23.0 Å². The third kappa shape index (κ3) is 4.23. The minimum Gasteiger partial charge on any atom is -0.480 e. The zero-order valence-corrected chi connectivity index (χ0v) is 18.3. The number of urea groups is 1. The van der Waals surface area contributed by atoms with Gasteiger partial charge in [-0.1, -0.05) is 46.8 Å². The molecule has 1 atom stereocenters. The molecule has 3 rings (SSSR count). The van der Waals surface area contributed by atoms with Gasteiger partial charge in [-0.2, -0.15) is 0 Å². The zero-order chi connectivity index (χ0) is 21.6.